The molecule has 1 fully saturated rings. The molecule has 0 aromatic rings. The van der Waals surface area contributed by atoms with E-state index < -0.39 is 48.7 Å². The van der Waals surface area contributed by atoms with Crippen molar-refractivity contribution in [3.63, 3.8) is 0 Å². The Labute approximate surface area is 110 Å². The van der Waals surface area contributed by atoms with Gasteiger partial charge in [-0.3, -0.25) is 0 Å². The maximum atomic E-state index is 11.2. The van der Waals surface area contributed by atoms with Crippen LogP contribution in [0.3, 0.4) is 0 Å². The Kier molecular flexibility index (Phi) is 5.25. The smallest absolute Gasteiger partial charge is 0.364 e. The Morgan fingerprint density at radius 1 is 1.53 bits per heavy atom. The van der Waals surface area contributed by atoms with Crippen LogP contribution >= 0.6 is 0 Å². The lowest BCUT2D eigenvalue weighted by molar-refractivity contribution is -0.310. The molecule has 0 aliphatic carbocycles. The number of carbonyl (C=O) groups is 1. The zero-order valence-electron chi connectivity index (χ0n) is 10.8. The van der Waals surface area contributed by atoms with Crippen LogP contribution in [0.2, 0.25) is 0 Å². The number of carboxylic acid groups (broad SMARTS) is 1. The predicted molar refractivity (Wildman–Crippen MR) is 61.1 cm³/mol. The van der Waals surface area contributed by atoms with Gasteiger partial charge in [0.25, 0.3) is 5.79 Å². The average Bonchev–Trinajstić information content (AvgIpc) is 2.39. The van der Waals surface area contributed by atoms with Crippen LogP contribution in [-0.4, -0.2) is 75.4 Å². The fourth-order valence-electron chi connectivity index (χ4n) is 2.12. The average molecular weight is 280 g/mol. The van der Waals surface area contributed by atoms with Gasteiger partial charge in [-0.15, -0.1) is 0 Å². The molecule has 0 saturated carbocycles. The van der Waals surface area contributed by atoms with Crippen molar-refractivity contribution >= 4 is 5.97 Å². The summed E-state index contributed by atoms with van der Waals surface area (Å²) in [5, 5.41) is 47.1. The molecule has 112 valence electrons. The summed E-state index contributed by atoms with van der Waals surface area (Å²) in [6, 6.07) is 0. The quantitative estimate of drug-likeness (QED) is 0.387. The lowest BCUT2D eigenvalue weighted by Gasteiger charge is -2.44. The zero-order valence-corrected chi connectivity index (χ0v) is 10.8. The van der Waals surface area contributed by atoms with Gasteiger partial charge < -0.3 is 35.0 Å². The van der Waals surface area contributed by atoms with Crippen molar-refractivity contribution in [1.82, 2.24) is 0 Å². The third-order valence-corrected chi connectivity index (χ3v) is 3.50. The number of carboxylic acids is 1. The number of aliphatic hydroxyl groups excluding tert-OH is 4. The molecular formula is C11H20O8. The molecule has 0 bridgehead atoms. The number of methoxy groups -OCH3 is 1. The number of aliphatic carboxylic acids is 1. The number of aliphatic hydroxyl groups is 4. The summed E-state index contributed by atoms with van der Waals surface area (Å²) in [4.78, 5) is 11.2. The normalized spacial score (nSPS) is 38.7. The second kappa shape index (κ2) is 6.12. The number of hydrogen-bond acceptors (Lipinski definition) is 7. The minimum absolute atomic E-state index is 0.293. The fourth-order valence-corrected chi connectivity index (χ4v) is 2.12. The van der Waals surface area contributed by atoms with E-state index in [9.17, 15) is 20.1 Å². The van der Waals surface area contributed by atoms with Crippen LogP contribution in [0.1, 0.15) is 13.3 Å². The summed E-state index contributed by atoms with van der Waals surface area (Å²) >= 11 is 0. The Morgan fingerprint density at radius 2 is 2.11 bits per heavy atom. The molecule has 0 radical (unpaired) electrons. The highest BCUT2D eigenvalue weighted by molar-refractivity contribution is 5.76. The fraction of sp³-hybridized carbons (Fsp3) is 0.909. The first-order valence-electron chi connectivity index (χ1n) is 5.90. The van der Waals surface area contributed by atoms with E-state index in [-0.39, 0.29) is 6.42 Å². The summed E-state index contributed by atoms with van der Waals surface area (Å²) in [6.07, 6.45) is -5.60. The zero-order chi connectivity index (χ0) is 14.8. The number of hydrogen-bond donors (Lipinski definition) is 5. The van der Waals surface area contributed by atoms with Crippen LogP contribution in [0.4, 0.5) is 0 Å². The van der Waals surface area contributed by atoms with Crippen LogP contribution in [-0.2, 0) is 14.3 Å². The monoisotopic (exact) mass is 280 g/mol. The molecule has 0 aromatic carbocycles. The lowest BCUT2D eigenvalue weighted by atomic mass is 9.84. The van der Waals surface area contributed by atoms with Crippen LogP contribution < -0.4 is 0 Å². The highest BCUT2D eigenvalue weighted by Gasteiger charge is 2.53. The van der Waals surface area contributed by atoms with Crippen molar-refractivity contribution in [3.05, 3.63) is 0 Å². The molecule has 5 N–H and O–H groups in total. The summed E-state index contributed by atoms with van der Waals surface area (Å²) in [5.74, 6) is -4.14. The van der Waals surface area contributed by atoms with Crippen molar-refractivity contribution in [2.45, 2.75) is 43.5 Å². The van der Waals surface area contributed by atoms with Crippen molar-refractivity contribution in [2.75, 3.05) is 13.7 Å². The van der Waals surface area contributed by atoms with Crippen LogP contribution in [0, 0.1) is 5.92 Å². The third-order valence-electron chi connectivity index (χ3n) is 3.50. The second-order valence-electron chi connectivity index (χ2n) is 4.72. The van der Waals surface area contributed by atoms with E-state index in [0.29, 0.717) is 0 Å². The van der Waals surface area contributed by atoms with E-state index in [1.807, 2.05) is 0 Å². The van der Waals surface area contributed by atoms with Crippen LogP contribution in [0.25, 0.3) is 0 Å². The molecule has 8 nitrogen and oxygen atoms in total. The van der Waals surface area contributed by atoms with Gasteiger partial charge in [0.2, 0.25) is 0 Å². The lowest BCUT2D eigenvalue weighted by Crippen LogP contribution is -2.60. The van der Waals surface area contributed by atoms with Crippen molar-refractivity contribution in [2.24, 2.45) is 5.92 Å². The predicted octanol–water partition coefficient (Wildman–Crippen LogP) is -2.09. The molecule has 19 heavy (non-hydrogen) atoms. The van der Waals surface area contributed by atoms with E-state index in [4.69, 9.17) is 19.7 Å². The Balaban J connectivity index is 2.99. The van der Waals surface area contributed by atoms with Gasteiger partial charge in [-0.2, -0.15) is 0 Å². The minimum atomic E-state index is -2.08. The molecule has 1 aliphatic heterocycles. The first-order valence-corrected chi connectivity index (χ1v) is 5.90. The molecule has 0 spiro atoms. The van der Waals surface area contributed by atoms with Gasteiger partial charge in [0.15, 0.2) is 0 Å². The first-order chi connectivity index (χ1) is 8.79. The van der Waals surface area contributed by atoms with Crippen molar-refractivity contribution < 1.29 is 39.8 Å². The summed E-state index contributed by atoms with van der Waals surface area (Å²) in [5.41, 5.74) is 0. The molecule has 1 saturated heterocycles. The van der Waals surface area contributed by atoms with Crippen LogP contribution in [0.5, 0.6) is 0 Å². The maximum Gasteiger partial charge on any atom is 0.364 e. The maximum absolute atomic E-state index is 11.2. The van der Waals surface area contributed by atoms with Gasteiger partial charge in [-0.1, -0.05) is 6.92 Å². The highest BCUT2D eigenvalue weighted by Crippen LogP contribution is 2.35. The molecule has 0 aromatic heterocycles. The molecule has 1 rings (SSSR count). The largest absolute Gasteiger partial charge is 0.477 e. The van der Waals surface area contributed by atoms with Gasteiger partial charge in [0.05, 0.1) is 18.8 Å². The van der Waals surface area contributed by atoms with Gasteiger partial charge in [-0.25, -0.2) is 4.79 Å². The summed E-state index contributed by atoms with van der Waals surface area (Å²) in [6.45, 7) is 0.834. The molecule has 0 amide bonds. The first kappa shape index (κ1) is 16.3. The number of ether oxygens (including phenoxy) is 2. The topological polar surface area (TPSA) is 137 Å². The van der Waals surface area contributed by atoms with E-state index in [2.05, 4.69) is 0 Å². The Hall–Kier alpha value is -0.770. The minimum Gasteiger partial charge on any atom is -0.477 e. The molecule has 8 heteroatoms. The standard InChI is InChI=1S/C11H20O8/c1-5-6(13)3-11(18-2,10(16)17)19-9(5)8(15)7(14)4-12/h5-9,12-15H,3-4H2,1-2H3,(H,16,17)/t5-,6-,7-,8-,9?,11-/m1/s1. The van der Waals surface area contributed by atoms with Gasteiger partial charge in [0.1, 0.15) is 12.2 Å². The molecular weight excluding hydrogens is 260 g/mol. The Bertz CT molecular complexity index is 322. The molecule has 6 atom stereocenters. The molecule has 1 aliphatic rings. The van der Waals surface area contributed by atoms with E-state index in [0.717, 1.165) is 7.11 Å². The van der Waals surface area contributed by atoms with Gasteiger partial charge >= 0.3 is 5.97 Å². The molecule has 1 heterocycles. The van der Waals surface area contributed by atoms with E-state index in [1.165, 1.54) is 0 Å². The van der Waals surface area contributed by atoms with Gasteiger partial charge in [0, 0.05) is 19.4 Å². The summed E-state index contributed by atoms with van der Waals surface area (Å²) < 4.78 is 10.1. The Morgan fingerprint density at radius 3 is 2.53 bits per heavy atom. The van der Waals surface area contributed by atoms with E-state index >= 15 is 0 Å². The highest BCUT2D eigenvalue weighted by atomic mass is 16.7. The third kappa shape index (κ3) is 3.04. The van der Waals surface area contributed by atoms with Gasteiger partial charge in [-0.05, 0) is 0 Å². The van der Waals surface area contributed by atoms with Crippen molar-refractivity contribution in [3.8, 4) is 0 Å². The van der Waals surface area contributed by atoms with E-state index in [1.54, 1.807) is 6.92 Å². The molecule has 1 unspecified atom stereocenters. The van der Waals surface area contributed by atoms with Crippen LogP contribution in [0.15, 0.2) is 0 Å². The second-order valence-corrected chi connectivity index (χ2v) is 4.72. The number of rotatable bonds is 5. The van der Waals surface area contributed by atoms with Crippen molar-refractivity contribution in [1.29, 1.82) is 0 Å². The SMILES string of the molecule is CO[C@]1(C(=O)O)C[C@@H](O)[C@@H](C)C([C@H](O)[C@H](O)CO)O1. The summed E-state index contributed by atoms with van der Waals surface area (Å²) in [7, 11) is 1.11.